The third-order valence-electron chi connectivity index (χ3n) is 4.24. The van der Waals surface area contributed by atoms with Gasteiger partial charge in [-0.05, 0) is 29.6 Å². The highest BCUT2D eigenvalue weighted by molar-refractivity contribution is 6.42. The van der Waals surface area contributed by atoms with Crippen LogP contribution in [0.15, 0.2) is 53.7 Å². The molecule has 1 atom stereocenters. The van der Waals surface area contributed by atoms with E-state index in [4.69, 9.17) is 0 Å². The summed E-state index contributed by atoms with van der Waals surface area (Å²) >= 11 is 0. The van der Waals surface area contributed by atoms with E-state index in [1.165, 1.54) is 0 Å². The normalized spacial score (nSPS) is 23.6. The zero-order chi connectivity index (χ0) is 13.7. The summed E-state index contributed by atoms with van der Waals surface area (Å²) in [6, 6.07) is 8.10. The van der Waals surface area contributed by atoms with Crippen molar-refractivity contribution in [1.29, 1.82) is 0 Å². The van der Waals surface area contributed by atoms with E-state index in [2.05, 4.69) is 23.0 Å². The van der Waals surface area contributed by atoms with Gasteiger partial charge in [0.15, 0.2) is 0 Å². The third-order valence-corrected chi connectivity index (χ3v) is 4.24. The Morgan fingerprint density at radius 3 is 2.90 bits per heavy atom. The van der Waals surface area contributed by atoms with Crippen molar-refractivity contribution in [1.82, 2.24) is 5.32 Å². The summed E-state index contributed by atoms with van der Waals surface area (Å²) in [5.41, 5.74) is 5.97. The second-order valence-electron chi connectivity index (χ2n) is 5.37. The summed E-state index contributed by atoms with van der Waals surface area (Å²) in [6.07, 6.45) is 5.44. The Labute approximate surface area is 117 Å². The van der Waals surface area contributed by atoms with Crippen LogP contribution < -0.4 is 5.32 Å². The molecule has 3 nitrogen and oxygen atoms in total. The minimum atomic E-state index is -0.0751. The number of fused-ring (bicyclic) bond motifs is 3. The van der Waals surface area contributed by atoms with Crippen LogP contribution in [0.25, 0.3) is 11.3 Å². The molecule has 1 N–H and O–H groups in total. The Morgan fingerprint density at radius 2 is 2.05 bits per heavy atom. The Morgan fingerprint density at radius 1 is 1.25 bits per heavy atom. The molecular weight excluding hydrogens is 248 g/mol. The van der Waals surface area contributed by atoms with E-state index in [1.807, 2.05) is 24.3 Å². The molecule has 2 heterocycles. The average Bonchev–Trinajstić information content (AvgIpc) is 2.65. The molecule has 1 aromatic rings. The van der Waals surface area contributed by atoms with E-state index >= 15 is 0 Å². The van der Waals surface area contributed by atoms with Crippen LogP contribution in [-0.2, 0) is 4.79 Å². The first-order chi connectivity index (χ1) is 9.75. The van der Waals surface area contributed by atoms with Crippen LogP contribution in [0.2, 0.25) is 0 Å². The number of nitrogens with one attached hydrogen (secondary N) is 1. The maximum atomic E-state index is 12.4. The Bertz CT molecular complexity index is 737. The molecule has 0 aromatic heterocycles. The molecule has 0 bridgehead atoms. The number of benzene rings is 1. The Kier molecular flexibility index (Phi) is 2.30. The quantitative estimate of drug-likeness (QED) is 0.767. The SMILES string of the molecule is C=C1C2=C(NC(=O)C3=NC=CCC3C2)c2ccccc21. The van der Waals surface area contributed by atoms with Gasteiger partial charge in [0.05, 0.1) is 5.70 Å². The number of hydrogen-bond acceptors (Lipinski definition) is 2. The van der Waals surface area contributed by atoms with E-state index in [0.717, 1.165) is 40.8 Å². The number of allylic oxidation sites excluding steroid dienone is 3. The summed E-state index contributed by atoms with van der Waals surface area (Å²) < 4.78 is 0. The van der Waals surface area contributed by atoms with Crippen molar-refractivity contribution in [3.05, 3.63) is 59.8 Å². The van der Waals surface area contributed by atoms with Crippen molar-refractivity contribution in [3.8, 4) is 0 Å². The smallest absolute Gasteiger partial charge is 0.270 e. The van der Waals surface area contributed by atoms with Crippen LogP contribution in [0, 0.1) is 5.92 Å². The standard InChI is InChI=1S/C17H14N2O/c1-10-12-6-2-3-7-13(12)16-14(10)9-11-5-4-8-18-15(11)17(20)19-16/h2-4,6-8,11H,1,5,9H2,(H,19,20). The lowest BCUT2D eigenvalue weighted by Gasteiger charge is -2.17. The van der Waals surface area contributed by atoms with E-state index in [1.54, 1.807) is 6.20 Å². The van der Waals surface area contributed by atoms with Crippen LogP contribution in [0.3, 0.4) is 0 Å². The lowest BCUT2D eigenvalue weighted by atomic mass is 9.88. The van der Waals surface area contributed by atoms with E-state index in [9.17, 15) is 4.79 Å². The molecule has 1 amide bonds. The monoisotopic (exact) mass is 262 g/mol. The highest BCUT2D eigenvalue weighted by Gasteiger charge is 2.35. The van der Waals surface area contributed by atoms with Crippen molar-refractivity contribution in [3.63, 3.8) is 0 Å². The number of aliphatic imine (C=N–C) groups is 1. The molecule has 3 heteroatoms. The molecule has 1 aromatic carbocycles. The number of carbonyl (C=O) groups is 1. The molecule has 0 radical (unpaired) electrons. The van der Waals surface area contributed by atoms with Crippen LogP contribution in [0.5, 0.6) is 0 Å². The number of amides is 1. The molecule has 4 rings (SSSR count). The van der Waals surface area contributed by atoms with Crippen LogP contribution in [0.4, 0.5) is 0 Å². The fourth-order valence-electron chi connectivity index (χ4n) is 3.23. The lowest BCUT2D eigenvalue weighted by Crippen LogP contribution is -2.33. The van der Waals surface area contributed by atoms with E-state index < -0.39 is 0 Å². The number of carbonyl (C=O) groups excluding carboxylic acids is 1. The van der Waals surface area contributed by atoms with Crippen molar-refractivity contribution in [2.24, 2.45) is 10.9 Å². The van der Waals surface area contributed by atoms with Gasteiger partial charge in [0.25, 0.3) is 5.91 Å². The molecule has 0 fully saturated rings. The molecule has 3 aliphatic rings. The lowest BCUT2D eigenvalue weighted by molar-refractivity contribution is -0.113. The molecule has 1 unspecified atom stereocenters. The molecule has 1 aliphatic carbocycles. The summed E-state index contributed by atoms with van der Waals surface area (Å²) in [4.78, 5) is 16.6. The van der Waals surface area contributed by atoms with Gasteiger partial charge in [0.1, 0.15) is 5.71 Å². The fourth-order valence-corrected chi connectivity index (χ4v) is 3.23. The van der Waals surface area contributed by atoms with E-state index in [0.29, 0.717) is 5.71 Å². The van der Waals surface area contributed by atoms with Crippen LogP contribution >= 0.6 is 0 Å². The molecular formula is C17H14N2O. The average molecular weight is 262 g/mol. The second kappa shape index (κ2) is 4.04. The van der Waals surface area contributed by atoms with Crippen LogP contribution in [0.1, 0.15) is 24.0 Å². The third kappa shape index (κ3) is 1.46. The minimum Gasteiger partial charge on any atom is -0.320 e. The second-order valence-corrected chi connectivity index (χ2v) is 5.37. The molecule has 0 saturated heterocycles. The zero-order valence-electron chi connectivity index (χ0n) is 11.0. The van der Waals surface area contributed by atoms with Gasteiger partial charge in [-0.2, -0.15) is 0 Å². The topological polar surface area (TPSA) is 41.5 Å². The Balaban J connectivity index is 1.85. The highest BCUT2D eigenvalue weighted by atomic mass is 16.1. The molecule has 20 heavy (non-hydrogen) atoms. The largest absolute Gasteiger partial charge is 0.320 e. The Hall–Kier alpha value is -2.42. The van der Waals surface area contributed by atoms with Gasteiger partial charge < -0.3 is 5.32 Å². The van der Waals surface area contributed by atoms with Crippen molar-refractivity contribution < 1.29 is 4.79 Å². The van der Waals surface area contributed by atoms with Gasteiger partial charge in [-0.25, -0.2) is 0 Å². The fraction of sp³-hybridized carbons (Fsp3) is 0.176. The van der Waals surface area contributed by atoms with Gasteiger partial charge in [0.2, 0.25) is 0 Å². The summed E-state index contributed by atoms with van der Waals surface area (Å²) in [5, 5.41) is 3.04. The molecule has 98 valence electrons. The predicted molar refractivity (Wildman–Crippen MR) is 79.8 cm³/mol. The van der Waals surface area contributed by atoms with Gasteiger partial charge >= 0.3 is 0 Å². The minimum absolute atomic E-state index is 0.0751. The molecule has 0 saturated carbocycles. The van der Waals surface area contributed by atoms with Crippen molar-refractivity contribution in [2.45, 2.75) is 12.8 Å². The van der Waals surface area contributed by atoms with Crippen LogP contribution in [-0.4, -0.2) is 11.6 Å². The highest BCUT2D eigenvalue weighted by Crippen LogP contribution is 2.43. The summed E-state index contributed by atoms with van der Waals surface area (Å²) in [5.74, 6) is 0.0902. The summed E-state index contributed by atoms with van der Waals surface area (Å²) in [7, 11) is 0. The van der Waals surface area contributed by atoms with Gasteiger partial charge in [-0.15, -0.1) is 0 Å². The number of nitrogens with zero attached hydrogens (tertiary/aromatic N) is 1. The molecule has 2 aliphatic heterocycles. The maximum absolute atomic E-state index is 12.4. The van der Waals surface area contributed by atoms with Crippen molar-refractivity contribution in [2.75, 3.05) is 0 Å². The first-order valence-corrected chi connectivity index (χ1v) is 6.82. The zero-order valence-corrected chi connectivity index (χ0v) is 11.0. The van der Waals surface area contributed by atoms with Crippen molar-refractivity contribution >= 4 is 22.9 Å². The predicted octanol–water partition coefficient (Wildman–Crippen LogP) is 2.92. The molecule has 0 spiro atoms. The van der Waals surface area contributed by atoms with E-state index in [-0.39, 0.29) is 11.8 Å². The van der Waals surface area contributed by atoms with Gasteiger partial charge in [0, 0.05) is 17.7 Å². The number of rotatable bonds is 0. The maximum Gasteiger partial charge on any atom is 0.270 e. The number of hydrogen-bond donors (Lipinski definition) is 1. The first-order valence-electron chi connectivity index (χ1n) is 6.82. The summed E-state index contributed by atoms with van der Waals surface area (Å²) in [6.45, 7) is 4.22. The first kappa shape index (κ1) is 11.4. The van der Waals surface area contributed by atoms with Gasteiger partial charge in [-0.3, -0.25) is 9.79 Å². The van der Waals surface area contributed by atoms with Gasteiger partial charge in [-0.1, -0.05) is 36.9 Å².